The molecule has 1 unspecified atom stereocenters. The van der Waals surface area contributed by atoms with Crippen LogP contribution in [0, 0.1) is 11.7 Å². The number of hydrogen-bond acceptors (Lipinski definition) is 5. The van der Waals surface area contributed by atoms with Gasteiger partial charge in [0.1, 0.15) is 11.9 Å². The van der Waals surface area contributed by atoms with Crippen LogP contribution in [-0.2, 0) is 11.2 Å². The highest BCUT2D eigenvalue weighted by molar-refractivity contribution is 5.82. The summed E-state index contributed by atoms with van der Waals surface area (Å²) in [6, 6.07) is 7.77. The van der Waals surface area contributed by atoms with Crippen LogP contribution in [0.5, 0.6) is 5.88 Å². The van der Waals surface area contributed by atoms with Crippen molar-refractivity contribution in [2.75, 3.05) is 26.2 Å². The van der Waals surface area contributed by atoms with Crippen LogP contribution in [0.3, 0.4) is 0 Å². The Kier molecular flexibility index (Phi) is 7.85. The second kappa shape index (κ2) is 11.0. The van der Waals surface area contributed by atoms with Crippen molar-refractivity contribution in [2.45, 2.75) is 51.2 Å². The minimum atomic E-state index is -0.878. The van der Waals surface area contributed by atoms with E-state index in [0.29, 0.717) is 30.1 Å². The Balaban J connectivity index is 1.33. The predicted molar refractivity (Wildman–Crippen MR) is 130 cm³/mol. The second-order valence-corrected chi connectivity index (χ2v) is 9.46. The number of carboxylic acid groups (broad SMARTS) is 1. The largest absolute Gasteiger partial charge is 0.474 e. The molecule has 3 N–H and O–H groups in total. The number of rotatable bonds is 7. The van der Waals surface area contributed by atoms with Crippen LogP contribution >= 0.6 is 0 Å². The van der Waals surface area contributed by atoms with Gasteiger partial charge in [0.2, 0.25) is 11.8 Å². The lowest BCUT2D eigenvalue weighted by atomic mass is 9.92. The van der Waals surface area contributed by atoms with Gasteiger partial charge >= 0.3 is 6.09 Å². The monoisotopic (exact) mass is 484 g/mol. The molecule has 2 aromatic rings. The molecule has 2 aliphatic heterocycles. The Morgan fingerprint density at radius 2 is 1.80 bits per heavy atom. The first-order valence-electron chi connectivity index (χ1n) is 12.3. The first-order chi connectivity index (χ1) is 16.8. The fourth-order valence-electron chi connectivity index (χ4n) is 4.86. The van der Waals surface area contributed by atoms with E-state index < -0.39 is 18.0 Å². The molecule has 8 nitrogen and oxygen atoms in total. The summed E-state index contributed by atoms with van der Waals surface area (Å²) in [4.78, 5) is 31.1. The maximum Gasteiger partial charge on any atom is 0.407 e. The topological polar surface area (TPSA) is 109 Å². The predicted octanol–water partition coefficient (Wildman–Crippen LogP) is 3.54. The van der Waals surface area contributed by atoms with Crippen molar-refractivity contribution in [1.29, 1.82) is 0 Å². The molecule has 4 rings (SSSR count). The third-order valence-corrected chi connectivity index (χ3v) is 7.08. The molecule has 2 aliphatic rings. The molecular formula is C26H33FN4O4. The fourth-order valence-corrected chi connectivity index (χ4v) is 4.86. The average molecular weight is 485 g/mol. The van der Waals surface area contributed by atoms with Gasteiger partial charge in [-0.25, -0.2) is 14.2 Å². The average Bonchev–Trinajstić information content (AvgIpc) is 3.40. The van der Waals surface area contributed by atoms with Gasteiger partial charge in [-0.15, -0.1) is 0 Å². The van der Waals surface area contributed by atoms with Crippen molar-refractivity contribution in [3.05, 3.63) is 47.9 Å². The van der Waals surface area contributed by atoms with E-state index in [9.17, 15) is 14.0 Å². The number of ether oxygens (including phenoxy) is 1. The van der Waals surface area contributed by atoms with E-state index in [4.69, 9.17) is 15.6 Å². The molecule has 1 aromatic carbocycles. The van der Waals surface area contributed by atoms with E-state index in [1.54, 1.807) is 23.2 Å². The van der Waals surface area contributed by atoms with E-state index in [1.165, 1.54) is 11.0 Å². The highest BCUT2D eigenvalue weighted by Crippen LogP contribution is 2.26. The zero-order valence-electron chi connectivity index (χ0n) is 20.0. The summed E-state index contributed by atoms with van der Waals surface area (Å²) in [6.07, 6.45) is 4.33. The van der Waals surface area contributed by atoms with Crippen molar-refractivity contribution in [3.8, 4) is 17.0 Å². The molecule has 0 spiro atoms. The summed E-state index contributed by atoms with van der Waals surface area (Å²) in [6.45, 7) is 4.45. The zero-order chi connectivity index (χ0) is 24.9. The molecule has 0 saturated carbocycles. The van der Waals surface area contributed by atoms with Crippen molar-refractivity contribution >= 4 is 12.0 Å². The first-order valence-corrected chi connectivity index (χ1v) is 12.3. The third kappa shape index (κ3) is 6.08. The fraction of sp³-hybridized carbons (Fsp3) is 0.500. The Bertz CT molecular complexity index is 1030. The summed E-state index contributed by atoms with van der Waals surface area (Å²) in [5.74, 6) is 0.226. The maximum absolute atomic E-state index is 14.8. The molecule has 35 heavy (non-hydrogen) atoms. The van der Waals surface area contributed by atoms with Crippen molar-refractivity contribution in [2.24, 2.45) is 11.7 Å². The van der Waals surface area contributed by atoms with Crippen LogP contribution in [0.25, 0.3) is 11.1 Å². The molecule has 3 heterocycles. The smallest absolute Gasteiger partial charge is 0.407 e. The molecule has 0 aliphatic carbocycles. The van der Waals surface area contributed by atoms with Crippen LogP contribution in [0.15, 0.2) is 36.5 Å². The molecule has 2 amide bonds. The highest BCUT2D eigenvalue weighted by Gasteiger charge is 2.27. The minimum absolute atomic E-state index is 0.0894. The Hall–Kier alpha value is -3.20. The summed E-state index contributed by atoms with van der Waals surface area (Å²) >= 11 is 0. The third-order valence-electron chi connectivity index (χ3n) is 7.08. The molecule has 9 heteroatoms. The van der Waals surface area contributed by atoms with E-state index in [-0.39, 0.29) is 24.3 Å². The van der Waals surface area contributed by atoms with E-state index >= 15 is 0 Å². The summed E-state index contributed by atoms with van der Waals surface area (Å²) in [5.41, 5.74) is 7.92. The SMILES string of the molecule is C[C@H](Oc1ccc(-c2ccc(CC(N)C(=O)N3CCCC3)c(F)c2)cn1)C1CCN(C(=O)O)CC1. The number of hydrogen-bond donors (Lipinski definition) is 2. The normalized spacial score (nSPS) is 18.4. The number of nitrogens with two attached hydrogens (primary N) is 1. The minimum Gasteiger partial charge on any atom is -0.474 e. The quantitative estimate of drug-likeness (QED) is 0.622. The molecule has 1 aromatic heterocycles. The van der Waals surface area contributed by atoms with Gasteiger partial charge in [-0.2, -0.15) is 0 Å². The van der Waals surface area contributed by atoms with Crippen LogP contribution in [0.1, 0.15) is 38.2 Å². The Morgan fingerprint density at radius 3 is 2.40 bits per heavy atom. The second-order valence-electron chi connectivity index (χ2n) is 9.46. The number of nitrogens with zero attached hydrogens (tertiary/aromatic N) is 3. The lowest BCUT2D eigenvalue weighted by Gasteiger charge is -2.33. The summed E-state index contributed by atoms with van der Waals surface area (Å²) < 4.78 is 20.8. The van der Waals surface area contributed by atoms with Gasteiger partial charge in [-0.3, -0.25) is 4.79 Å². The number of carbonyl (C=O) groups is 2. The lowest BCUT2D eigenvalue weighted by molar-refractivity contribution is -0.131. The maximum atomic E-state index is 14.8. The zero-order valence-corrected chi connectivity index (χ0v) is 20.0. The van der Waals surface area contributed by atoms with Crippen LogP contribution in [0.2, 0.25) is 0 Å². The number of likely N-dealkylation sites (tertiary alicyclic amines) is 2. The molecule has 2 atom stereocenters. The van der Waals surface area contributed by atoms with Crippen LogP contribution in [-0.4, -0.2) is 70.2 Å². The van der Waals surface area contributed by atoms with Crippen molar-refractivity contribution < 1.29 is 23.8 Å². The Labute approximate surface area is 204 Å². The van der Waals surface area contributed by atoms with Gasteiger partial charge in [0.15, 0.2) is 0 Å². The number of aromatic nitrogens is 1. The van der Waals surface area contributed by atoms with E-state index in [2.05, 4.69) is 4.98 Å². The number of halogens is 1. The van der Waals surface area contributed by atoms with Crippen molar-refractivity contribution in [1.82, 2.24) is 14.8 Å². The van der Waals surface area contributed by atoms with E-state index in [1.807, 2.05) is 19.1 Å². The van der Waals surface area contributed by atoms with Crippen LogP contribution < -0.4 is 10.5 Å². The van der Waals surface area contributed by atoms with Gasteiger partial charge in [-0.1, -0.05) is 12.1 Å². The van der Waals surface area contributed by atoms with Gasteiger partial charge in [0.05, 0.1) is 6.04 Å². The van der Waals surface area contributed by atoms with Gasteiger partial charge < -0.3 is 25.4 Å². The number of piperidine rings is 1. The van der Waals surface area contributed by atoms with Crippen molar-refractivity contribution in [3.63, 3.8) is 0 Å². The van der Waals surface area contributed by atoms with Gasteiger partial charge in [0.25, 0.3) is 0 Å². The molecule has 0 radical (unpaired) electrons. The number of benzene rings is 1. The standard InChI is InChI=1S/C26H33FN4O4/c1-17(18-8-12-31(13-9-18)26(33)34)35-24-7-6-21(16-29-24)19-4-5-20(22(27)14-19)15-23(28)25(32)30-10-2-3-11-30/h4-7,14,16-18,23H,2-3,8-13,15,28H2,1H3,(H,33,34)/t17-,23?/m0/s1. The number of pyridine rings is 1. The molecule has 2 fully saturated rings. The Morgan fingerprint density at radius 1 is 1.11 bits per heavy atom. The summed E-state index contributed by atoms with van der Waals surface area (Å²) in [5, 5.41) is 9.09. The molecular weight excluding hydrogens is 451 g/mol. The molecule has 2 saturated heterocycles. The number of amides is 2. The van der Waals surface area contributed by atoms with E-state index in [0.717, 1.165) is 44.3 Å². The lowest BCUT2D eigenvalue weighted by Crippen LogP contribution is -2.43. The summed E-state index contributed by atoms with van der Waals surface area (Å²) in [7, 11) is 0. The molecule has 188 valence electrons. The first kappa shape index (κ1) is 24.9. The van der Waals surface area contributed by atoms with Gasteiger partial charge in [0, 0.05) is 44.0 Å². The van der Waals surface area contributed by atoms with Crippen LogP contribution in [0.4, 0.5) is 9.18 Å². The van der Waals surface area contributed by atoms with Gasteiger partial charge in [-0.05, 0) is 68.2 Å². The number of carbonyl (C=O) groups excluding carboxylic acids is 1. The highest BCUT2D eigenvalue weighted by atomic mass is 19.1. The molecule has 0 bridgehead atoms.